The molecule has 14 heteroatoms. The van der Waals surface area contributed by atoms with Crippen molar-refractivity contribution in [3.63, 3.8) is 0 Å². The molecule has 224 valence electrons. The molecule has 1 fully saturated rings. The normalized spacial score (nSPS) is 19.4. The van der Waals surface area contributed by atoms with E-state index in [1.54, 1.807) is 30.3 Å². The minimum atomic E-state index is -4.03. The Morgan fingerprint density at radius 2 is 1.78 bits per heavy atom. The second-order valence-corrected chi connectivity index (χ2v) is 9.40. The number of nitrogens with zero attached hydrogens (tertiary/aromatic N) is 2. The molecule has 0 saturated carbocycles. The van der Waals surface area contributed by atoms with E-state index in [1.165, 1.54) is 0 Å². The lowest BCUT2D eigenvalue weighted by Gasteiger charge is -2.23. The van der Waals surface area contributed by atoms with E-state index in [4.69, 9.17) is 14.2 Å². The van der Waals surface area contributed by atoms with Crippen molar-refractivity contribution in [3.8, 4) is 0 Å². The Morgan fingerprint density at radius 1 is 1.05 bits per heavy atom. The van der Waals surface area contributed by atoms with Crippen molar-refractivity contribution in [1.82, 2.24) is 9.55 Å². The number of anilines is 2. The third-order valence-electron chi connectivity index (χ3n) is 6.23. The summed E-state index contributed by atoms with van der Waals surface area (Å²) < 4.78 is 45.8. The molecule has 1 aliphatic rings. The minimum absolute atomic E-state index is 0.0982. The largest absolute Gasteiger partial charge is 0.463 e. The lowest BCUT2D eigenvalue weighted by molar-refractivity contribution is -0.151. The Morgan fingerprint density at radius 3 is 2.51 bits per heavy atom. The summed E-state index contributed by atoms with van der Waals surface area (Å²) in [5.41, 5.74) is -0.641. The number of alkyl halides is 2. The lowest BCUT2D eigenvalue weighted by Crippen LogP contribution is -2.42. The molecular weight excluding hydrogens is 546 g/mol. The second-order valence-electron chi connectivity index (χ2n) is 9.40. The maximum Gasteiger partial charge on any atom is 0.412 e. The number of aromatic nitrogens is 2. The van der Waals surface area contributed by atoms with Crippen LogP contribution in [0.5, 0.6) is 0 Å². The molecule has 3 N–H and O–H groups in total. The standard InChI is InChI=1S/C27H34F2N4O8/c1-2-3-4-5-9-16-39-26(38)32-20-14-15-30-25(37)33(20)24-27(28,29)23(36)19(41-24)17-40-22(35)13-12-21(34)31-18-10-7-6-8-11-18/h6-8,10-11,14-15,19,23-24,36H,2-5,9,12-13,16-17H2,1H3,(H,31,34)(H,32,38)/t19-,23-,24-/m1/s1. The topological polar surface area (TPSA) is 158 Å². The van der Waals surface area contributed by atoms with E-state index in [2.05, 4.69) is 22.5 Å². The highest BCUT2D eigenvalue weighted by atomic mass is 19.3. The summed E-state index contributed by atoms with van der Waals surface area (Å²) in [5.74, 6) is -5.75. The summed E-state index contributed by atoms with van der Waals surface area (Å²) in [6.45, 7) is 1.39. The third-order valence-corrected chi connectivity index (χ3v) is 6.23. The van der Waals surface area contributed by atoms with Crippen LogP contribution in [-0.2, 0) is 23.8 Å². The molecule has 0 spiro atoms. The van der Waals surface area contributed by atoms with Gasteiger partial charge >= 0.3 is 23.7 Å². The summed E-state index contributed by atoms with van der Waals surface area (Å²) in [6, 6.07) is 9.65. The van der Waals surface area contributed by atoms with E-state index in [0.717, 1.165) is 37.9 Å². The Kier molecular flexibility index (Phi) is 11.7. The van der Waals surface area contributed by atoms with Gasteiger partial charge in [0.05, 0.1) is 13.0 Å². The van der Waals surface area contributed by atoms with Crippen LogP contribution in [0.4, 0.5) is 25.1 Å². The van der Waals surface area contributed by atoms with Crippen LogP contribution >= 0.6 is 0 Å². The molecule has 12 nitrogen and oxygen atoms in total. The Bertz CT molecular complexity index is 1230. The molecule has 0 bridgehead atoms. The average Bonchev–Trinajstić information content (AvgIpc) is 3.16. The Balaban J connectivity index is 1.56. The van der Waals surface area contributed by atoms with Gasteiger partial charge in [0.15, 0.2) is 6.10 Å². The van der Waals surface area contributed by atoms with Gasteiger partial charge in [-0.3, -0.25) is 14.9 Å². The third kappa shape index (κ3) is 9.05. The van der Waals surface area contributed by atoms with Gasteiger partial charge in [0.2, 0.25) is 12.1 Å². The number of unbranched alkanes of at least 4 members (excludes halogenated alkanes) is 4. The van der Waals surface area contributed by atoms with Gasteiger partial charge in [0.1, 0.15) is 18.5 Å². The number of ether oxygens (including phenoxy) is 3. The molecule has 0 unspecified atom stereocenters. The summed E-state index contributed by atoms with van der Waals surface area (Å²) in [7, 11) is 0. The van der Waals surface area contributed by atoms with Gasteiger partial charge in [-0.1, -0.05) is 50.8 Å². The molecule has 2 aromatic rings. The summed E-state index contributed by atoms with van der Waals surface area (Å²) >= 11 is 0. The van der Waals surface area contributed by atoms with Crippen LogP contribution in [0, 0.1) is 0 Å². The highest BCUT2D eigenvalue weighted by Crippen LogP contribution is 2.43. The van der Waals surface area contributed by atoms with Gasteiger partial charge in [-0.05, 0) is 24.6 Å². The van der Waals surface area contributed by atoms with Crippen molar-refractivity contribution in [1.29, 1.82) is 0 Å². The van der Waals surface area contributed by atoms with Crippen LogP contribution < -0.4 is 16.3 Å². The van der Waals surface area contributed by atoms with Crippen LogP contribution in [0.3, 0.4) is 0 Å². The molecule has 1 saturated heterocycles. The monoisotopic (exact) mass is 580 g/mol. The van der Waals surface area contributed by atoms with E-state index in [-0.39, 0.29) is 25.3 Å². The van der Waals surface area contributed by atoms with Gasteiger partial charge in [0.25, 0.3) is 0 Å². The highest BCUT2D eigenvalue weighted by Gasteiger charge is 2.60. The van der Waals surface area contributed by atoms with Crippen molar-refractivity contribution in [2.45, 2.75) is 76.2 Å². The molecule has 3 rings (SSSR count). The van der Waals surface area contributed by atoms with Gasteiger partial charge in [-0.15, -0.1) is 0 Å². The number of carbonyl (C=O) groups is 3. The molecular formula is C27H34F2N4O8. The fraction of sp³-hybridized carbons (Fsp3) is 0.519. The molecule has 1 aliphatic heterocycles. The summed E-state index contributed by atoms with van der Waals surface area (Å²) in [6.07, 6.45) is -2.51. The molecule has 2 heterocycles. The second kappa shape index (κ2) is 15.2. The number of benzene rings is 1. The smallest absolute Gasteiger partial charge is 0.412 e. The van der Waals surface area contributed by atoms with Crippen LogP contribution in [0.15, 0.2) is 47.4 Å². The number of hydrogen-bond acceptors (Lipinski definition) is 9. The number of carbonyl (C=O) groups excluding carboxylic acids is 3. The fourth-order valence-electron chi connectivity index (χ4n) is 4.05. The zero-order chi connectivity index (χ0) is 29.8. The highest BCUT2D eigenvalue weighted by molar-refractivity contribution is 5.92. The first-order valence-electron chi connectivity index (χ1n) is 13.4. The lowest BCUT2D eigenvalue weighted by atomic mass is 10.1. The first-order chi connectivity index (χ1) is 19.6. The average molecular weight is 581 g/mol. The van der Waals surface area contributed by atoms with Crippen molar-refractivity contribution in [2.24, 2.45) is 0 Å². The quantitative estimate of drug-likeness (QED) is 0.224. The SMILES string of the molecule is CCCCCCCOC(=O)Nc1ccnc(=O)n1[C@@H]1O[C@H](COC(=O)CCC(=O)Nc2ccccc2)[C@@H](O)C1(F)F. The zero-order valence-corrected chi connectivity index (χ0v) is 22.6. The first kappa shape index (κ1) is 31.6. The number of esters is 1. The maximum absolute atomic E-state index is 15.1. The Hall–Kier alpha value is -3.91. The van der Waals surface area contributed by atoms with Crippen LogP contribution in [-0.4, -0.2) is 64.0 Å². The van der Waals surface area contributed by atoms with Gasteiger partial charge < -0.3 is 24.6 Å². The van der Waals surface area contributed by atoms with Crippen molar-refractivity contribution in [2.75, 3.05) is 23.8 Å². The number of halogens is 2. The predicted molar refractivity (Wildman–Crippen MR) is 142 cm³/mol. The number of aliphatic hydroxyl groups excluding tert-OH is 1. The molecule has 0 radical (unpaired) electrons. The molecule has 1 aromatic heterocycles. The first-order valence-corrected chi connectivity index (χ1v) is 13.4. The maximum atomic E-state index is 15.1. The van der Waals surface area contributed by atoms with E-state index < -0.39 is 54.6 Å². The zero-order valence-electron chi connectivity index (χ0n) is 22.6. The van der Waals surface area contributed by atoms with Gasteiger partial charge in [0, 0.05) is 18.3 Å². The van der Waals surface area contributed by atoms with Gasteiger partial charge in [-0.25, -0.2) is 19.1 Å². The minimum Gasteiger partial charge on any atom is -0.463 e. The summed E-state index contributed by atoms with van der Waals surface area (Å²) in [4.78, 5) is 52.3. The molecule has 3 atom stereocenters. The predicted octanol–water partition coefficient (Wildman–Crippen LogP) is 3.62. The number of amides is 2. The van der Waals surface area contributed by atoms with E-state index in [9.17, 15) is 24.3 Å². The number of nitrogens with one attached hydrogen (secondary N) is 2. The number of hydrogen-bond donors (Lipinski definition) is 3. The van der Waals surface area contributed by atoms with Gasteiger partial charge in [-0.2, -0.15) is 8.78 Å². The molecule has 0 aliphatic carbocycles. The van der Waals surface area contributed by atoms with Crippen LogP contribution in [0.2, 0.25) is 0 Å². The number of para-hydroxylation sites is 1. The number of aliphatic hydroxyl groups is 1. The fourth-order valence-corrected chi connectivity index (χ4v) is 4.05. The molecule has 1 aromatic carbocycles. The van der Waals surface area contributed by atoms with E-state index >= 15 is 8.78 Å². The summed E-state index contributed by atoms with van der Waals surface area (Å²) in [5, 5.41) is 15.1. The number of rotatable bonds is 14. The van der Waals surface area contributed by atoms with Crippen molar-refractivity contribution >= 4 is 29.5 Å². The molecule has 2 amide bonds. The van der Waals surface area contributed by atoms with E-state index in [0.29, 0.717) is 16.7 Å². The van der Waals surface area contributed by atoms with Crippen molar-refractivity contribution in [3.05, 3.63) is 53.1 Å². The van der Waals surface area contributed by atoms with Crippen LogP contribution in [0.25, 0.3) is 0 Å². The van der Waals surface area contributed by atoms with Crippen molar-refractivity contribution < 1.29 is 42.5 Å². The molecule has 41 heavy (non-hydrogen) atoms. The van der Waals surface area contributed by atoms with E-state index in [1.807, 2.05) is 0 Å². The van der Waals surface area contributed by atoms with Crippen LogP contribution in [0.1, 0.15) is 58.1 Å². The Labute approximate surface area is 235 Å².